The van der Waals surface area contributed by atoms with Crippen molar-refractivity contribution in [3.63, 3.8) is 0 Å². The Bertz CT molecular complexity index is 450. The molecule has 2 aromatic rings. The van der Waals surface area contributed by atoms with Crippen LogP contribution in [0.4, 0.5) is 0 Å². The van der Waals surface area contributed by atoms with Gasteiger partial charge in [0.25, 0.3) is 0 Å². The van der Waals surface area contributed by atoms with E-state index in [-0.39, 0.29) is 0 Å². The zero-order chi connectivity index (χ0) is 9.42. The highest BCUT2D eigenvalue weighted by Gasteiger charge is 2.07. The van der Waals surface area contributed by atoms with Crippen molar-refractivity contribution in [2.24, 2.45) is 0 Å². The molecule has 2 rings (SSSR count). The molecule has 0 nitrogen and oxygen atoms in total. The first-order valence-electron chi connectivity index (χ1n) is 3.68. The summed E-state index contributed by atoms with van der Waals surface area (Å²) >= 11 is 15.3. The zero-order valence-corrected chi connectivity index (χ0v) is 10.6. The van der Waals surface area contributed by atoms with Gasteiger partial charge in [-0.3, -0.25) is 0 Å². The Balaban J connectivity index is 2.82. The number of thiol groups is 1. The highest BCUT2D eigenvalue weighted by molar-refractivity contribution is 9.10. The minimum Gasteiger partial charge on any atom is -0.133 e. The van der Waals surface area contributed by atoms with Gasteiger partial charge in [0, 0.05) is 15.1 Å². The molecule has 0 aliphatic rings. The van der Waals surface area contributed by atoms with Gasteiger partial charge in [-0.05, 0) is 23.1 Å². The Labute approximate surface area is 99.4 Å². The molecular weight excluding hydrogens is 288 g/mol. The van der Waals surface area contributed by atoms with E-state index in [4.69, 9.17) is 11.6 Å². The van der Waals surface area contributed by atoms with Crippen LogP contribution >= 0.6 is 51.5 Å². The van der Waals surface area contributed by atoms with E-state index in [1.807, 2.05) is 6.07 Å². The second-order valence-electron chi connectivity index (χ2n) is 2.66. The number of hydrogen-bond donors (Lipinski definition) is 1. The van der Waals surface area contributed by atoms with E-state index in [0.717, 1.165) is 14.2 Å². The van der Waals surface area contributed by atoms with E-state index in [0.29, 0.717) is 5.88 Å². The lowest BCUT2D eigenvalue weighted by atomic mass is 10.2. The number of thiophene rings is 1. The molecule has 1 heterocycles. The Morgan fingerprint density at radius 3 is 2.92 bits per heavy atom. The predicted octanol–water partition coefficient (Wildman–Crippen LogP) is 4.69. The third kappa shape index (κ3) is 1.75. The van der Waals surface area contributed by atoms with Gasteiger partial charge in [-0.25, -0.2) is 0 Å². The monoisotopic (exact) mass is 292 g/mol. The molecular formula is C9H6BrClS2. The smallest absolute Gasteiger partial charge is 0.0580 e. The maximum atomic E-state index is 5.87. The first kappa shape index (κ1) is 9.84. The number of benzene rings is 1. The summed E-state index contributed by atoms with van der Waals surface area (Å²) in [7, 11) is 0. The van der Waals surface area contributed by atoms with Crippen molar-refractivity contribution in [2.45, 2.75) is 10.1 Å². The molecule has 0 atom stereocenters. The van der Waals surface area contributed by atoms with Gasteiger partial charge in [0.2, 0.25) is 0 Å². The Morgan fingerprint density at radius 1 is 1.46 bits per heavy atom. The summed E-state index contributed by atoms with van der Waals surface area (Å²) in [5.74, 6) is 0.533. The van der Waals surface area contributed by atoms with Crippen LogP contribution in [0, 0.1) is 0 Å². The Hall–Kier alpha value is 0.300. The summed E-state index contributed by atoms with van der Waals surface area (Å²) in [6.07, 6.45) is 0. The molecule has 0 saturated carbocycles. The van der Waals surface area contributed by atoms with Crippen LogP contribution in [0.3, 0.4) is 0 Å². The molecule has 1 aromatic carbocycles. The fourth-order valence-corrected chi connectivity index (χ4v) is 3.73. The van der Waals surface area contributed by atoms with E-state index in [1.54, 1.807) is 11.3 Å². The molecule has 4 heteroatoms. The Morgan fingerprint density at radius 2 is 2.23 bits per heavy atom. The van der Waals surface area contributed by atoms with Crippen molar-refractivity contribution in [1.82, 2.24) is 0 Å². The van der Waals surface area contributed by atoms with Gasteiger partial charge in [-0.2, -0.15) is 0 Å². The van der Waals surface area contributed by atoms with Crippen molar-refractivity contribution >= 4 is 61.6 Å². The third-order valence-corrected chi connectivity index (χ3v) is 4.28. The molecule has 0 bridgehead atoms. The van der Waals surface area contributed by atoms with E-state index >= 15 is 0 Å². The molecule has 0 fully saturated rings. The average molecular weight is 294 g/mol. The van der Waals surface area contributed by atoms with Crippen molar-refractivity contribution in [3.8, 4) is 0 Å². The maximum absolute atomic E-state index is 5.87. The normalized spacial score (nSPS) is 11.0. The van der Waals surface area contributed by atoms with Crippen LogP contribution < -0.4 is 0 Å². The summed E-state index contributed by atoms with van der Waals surface area (Å²) in [5, 5.41) is 1.22. The zero-order valence-electron chi connectivity index (χ0n) is 6.55. The second-order valence-corrected chi connectivity index (χ2v) is 5.62. The van der Waals surface area contributed by atoms with E-state index in [1.165, 1.54) is 10.1 Å². The summed E-state index contributed by atoms with van der Waals surface area (Å²) in [6, 6.07) is 6.16. The summed E-state index contributed by atoms with van der Waals surface area (Å²) < 4.78 is 3.33. The standard InChI is InChI=1S/C9H6BrClS2/c10-7-2-1-5-3-8(12)13-9(5)6(7)4-11/h1-3,12H,4H2. The number of alkyl halides is 1. The quantitative estimate of drug-likeness (QED) is 0.572. The van der Waals surface area contributed by atoms with Gasteiger partial charge in [-0.1, -0.05) is 22.0 Å². The number of hydrogen-bond acceptors (Lipinski definition) is 2. The lowest BCUT2D eigenvalue weighted by molar-refractivity contribution is 1.43. The molecule has 1 aromatic heterocycles. The minimum absolute atomic E-state index is 0.533. The summed E-state index contributed by atoms with van der Waals surface area (Å²) in [6.45, 7) is 0. The van der Waals surface area contributed by atoms with Gasteiger partial charge >= 0.3 is 0 Å². The van der Waals surface area contributed by atoms with Crippen molar-refractivity contribution in [1.29, 1.82) is 0 Å². The molecule has 0 aliphatic carbocycles. The lowest BCUT2D eigenvalue weighted by Gasteiger charge is -2.00. The molecule has 68 valence electrons. The highest BCUT2D eigenvalue weighted by atomic mass is 79.9. The number of fused-ring (bicyclic) bond motifs is 1. The van der Waals surface area contributed by atoms with Gasteiger partial charge in [0.1, 0.15) is 0 Å². The van der Waals surface area contributed by atoms with Crippen LogP contribution in [0.5, 0.6) is 0 Å². The lowest BCUT2D eigenvalue weighted by Crippen LogP contribution is -1.79. The summed E-state index contributed by atoms with van der Waals surface area (Å²) in [5.41, 5.74) is 1.16. The number of rotatable bonds is 1. The van der Waals surface area contributed by atoms with Crippen molar-refractivity contribution in [3.05, 3.63) is 28.2 Å². The van der Waals surface area contributed by atoms with E-state index < -0.39 is 0 Å². The third-order valence-electron chi connectivity index (χ3n) is 1.85. The Kier molecular flexibility index (Phi) is 2.88. The fourth-order valence-electron chi connectivity index (χ4n) is 1.25. The van der Waals surface area contributed by atoms with Crippen molar-refractivity contribution < 1.29 is 0 Å². The van der Waals surface area contributed by atoms with Gasteiger partial charge < -0.3 is 0 Å². The van der Waals surface area contributed by atoms with Crippen LogP contribution in [0.25, 0.3) is 10.1 Å². The SMILES string of the molecule is Sc1cc2ccc(Br)c(CCl)c2s1. The number of halogens is 2. The van der Waals surface area contributed by atoms with Gasteiger partial charge in [0.15, 0.2) is 0 Å². The molecule has 0 N–H and O–H groups in total. The van der Waals surface area contributed by atoms with Crippen LogP contribution in [0.15, 0.2) is 26.9 Å². The molecule has 13 heavy (non-hydrogen) atoms. The molecule has 0 saturated heterocycles. The maximum Gasteiger partial charge on any atom is 0.0580 e. The molecule has 0 radical (unpaired) electrons. The average Bonchev–Trinajstić information content (AvgIpc) is 2.45. The first-order chi connectivity index (χ1) is 6.22. The topological polar surface area (TPSA) is 0 Å². The molecule has 0 aliphatic heterocycles. The van der Waals surface area contributed by atoms with Crippen LogP contribution in [-0.4, -0.2) is 0 Å². The van der Waals surface area contributed by atoms with Gasteiger partial charge in [-0.15, -0.1) is 35.6 Å². The molecule has 0 amide bonds. The largest absolute Gasteiger partial charge is 0.133 e. The van der Waals surface area contributed by atoms with Crippen LogP contribution in [0.2, 0.25) is 0 Å². The van der Waals surface area contributed by atoms with E-state index in [9.17, 15) is 0 Å². The molecule has 0 spiro atoms. The van der Waals surface area contributed by atoms with Crippen LogP contribution in [0.1, 0.15) is 5.56 Å². The minimum atomic E-state index is 0.533. The fraction of sp³-hybridized carbons (Fsp3) is 0.111. The van der Waals surface area contributed by atoms with E-state index in [2.05, 4.69) is 40.7 Å². The highest BCUT2D eigenvalue weighted by Crippen LogP contribution is 2.35. The summed E-state index contributed by atoms with van der Waals surface area (Å²) in [4.78, 5) is 0. The first-order valence-corrected chi connectivity index (χ1v) is 6.27. The second kappa shape index (κ2) is 3.81. The van der Waals surface area contributed by atoms with Crippen molar-refractivity contribution in [2.75, 3.05) is 0 Å². The van der Waals surface area contributed by atoms with Crippen LogP contribution in [-0.2, 0) is 5.88 Å². The predicted molar refractivity (Wildman–Crippen MR) is 66.3 cm³/mol. The molecule has 0 unspecified atom stereocenters. The van der Waals surface area contributed by atoms with Gasteiger partial charge in [0.05, 0.1) is 4.21 Å².